The quantitative estimate of drug-likeness (QED) is 0.370. The van der Waals surface area contributed by atoms with E-state index < -0.39 is 20.7 Å². The van der Waals surface area contributed by atoms with Crippen LogP contribution in [-0.2, 0) is 10.0 Å². The number of hydrogen-bond donors (Lipinski definition) is 4. The number of sulfonamides is 1. The Morgan fingerprint density at radius 1 is 1.43 bits per heavy atom. The molecule has 4 N–H and O–H groups in total. The lowest BCUT2D eigenvalue weighted by atomic mass is 10.1. The molecule has 1 aliphatic heterocycles. The lowest BCUT2D eigenvalue weighted by Gasteiger charge is -2.18. The van der Waals surface area contributed by atoms with Crippen LogP contribution in [0.25, 0.3) is 0 Å². The van der Waals surface area contributed by atoms with Crippen LogP contribution in [-0.4, -0.2) is 45.1 Å². The Hall–Kier alpha value is -1.46. The van der Waals surface area contributed by atoms with Crippen molar-refractivity contribution in [2.24, 2.45) is 0 Å². The van der Waals surface area contributed by atoms with Crippen molar-refractivity contribution >= 4 is 43.8 Å². The molecule has 11 heteroatoms. The summed E-state index contributed by atoms with van der Waals surface area (Å²) in [5.41, 5.74) is 0.373. The highest BCUT2D eigenvalue weighted by atomic mass is 35.5. The maximum Gasteiger partial charge on any atom is 0.266 e. The van der Waals surface area contributed by atoms with Crippen LogP contribution in [0.3, 0.4) is 0 Å². The third-order valence-corrected chi connectivity index (χ3v) is 7.45. The van der Waals surface area contributed by atoms with Gasteiger partial charge in [0.2, 0.25) is 0 Å². The third-order valence-electron chi connectivity index (χ3n) is 4.97. The lowest BCUT2D eigenvalue weighted by Crippen LogP contribution is -2.38. The molecule has 1 aromatic heterocycles. The van der Waals surface area contributed by atoms with Gasteiger partial charge in [-0.25, -0.2) is 17.8 Å². The van der Waals surface area contributed by atoms with Gasteiger partial charge in [-0.1, -0.05) is 11.6 Å². The van der Waals surface area contributed by atoms with Crippen molar-refractivity contribution in [3.05, 3.63) is 34.5 Å². The number of benzene rings is 1. The largest absolute Gasteiger partial charge is 0.384 e. The Kier molecular flexibility index (Phi) is 8.29. The zero-order chi connectivity index (χ0) is 21.6. The first kappa shape index (κ1) is 23.2. The summed E-state index contributed by atoms with van der Waals surface area (Å²) in [5, 5.41) is 12.0. The first-order chi connectivity index (χ1) is 14.3. The molecule has 0 radical (unpaired) electrons. The highest BCUT2D eigenvalue weighted by Gasteiger charge is 2.22. The molecule has 0 aliphatic carbocycles. The molecular formula is C19H27ClFN5O2S2. The molecule has 1 unspecified atom stereocenters. The molecule has 2 atom stereocenters. The van der Waals surface area contributed by atoms with E-state index in [0.717, 1.165) is 49.4 Å². The van der Waals surface area contributed by atoms with Gasteiger partial charge in [-0.2, -0.15) is 0 Å². The minimum absolute atomic E-state index is 0.148. The summed E-state index contributed by atoms with van der Waals surface area (Å²) in [4.78, 5) is 3.34. The van der Waals surface area contributed by atoms with Gasteiger partial charge in [-0.3, -0.25) is 4.72 Å². The molecule has 1 saturated heterocycles. The fourth-order valence-corrected chi connectivity index (χ4v) is 5.49. The Balaban J connectivity index is 1.49. The van der Waals surface area contributed by atoms with Gasteiger partial charge in [0.05, 0.1) is 10.7 Å². The number of nitrogens with zero attached hydrogens (tertiary/aromatic N) is 1. The first-order valence-corrected chi connectivity index (χ1v) is 12.7. The Bertz CT molecular complexity index is 921. The van der Waals surface area contributed by atoms with Crippen LogP contribution < -0.4 is 20.7 Å². The molecule has 2 aromatic rings. The third kappa shape index (κ3) is 6.52. The predicted octanol–water partition coefficient (Wildman–Crippen LogP) is 3.66. The van der Waals surface area contributed by atoms with Gasteiger partial charge in [-0.15, -0.1) is 11.3 Å². The molecule has 0 saturated carbocycles. The average Bonchev–Trinajstić information content (AvgIpc) is 3.39. The molecule has 3 rings (SSSR count). The van der Waals surface area contributed by atoms with Crippen molar-refractivity contribution in [3.63, 3.8) is 0 Å². The zero-order valence-electron chi connectivity index (χ0n) is 16.7. The van der Waals surface area contributed by atoms with E-state index in [1.54, 1.807) is 5.38 Å². The second-order valence-electron chi connectivity index (χ2n) is 7.38. The van der Waals surface area contributed by atoms with E-state index in [4.69, 9.17) is 11.6 Å². The van der Waals surface area contributed by atoms with E-state index in [0.29, 0.717) is 24.3 Å². The van der Waals surface area contributed by atoms with Crippen molar-refractivity contribution in [2.75, 3.05) is 29.7 Å². The molecule has 0 spiro atoms. The zero-order valence-corrected chi connectivity index (χ0v) is 19.1. The van der Waals surface area contributed by atoms with Gasteiger partial charge < -0.3 is 16.0 Å². The Morgan fingerprint density at radius 2 is 2.27 bits per heavy atom. The summed E-state index contributed by atoms with van der Waals surface area (Å²) < 4.78 is 41.5. The van der Waals surface area contributed by atoms with Gasteiger partial charge in [-0.05, 0) is 51.3 Å². The molecule has 1 aromatic carbocycles. The van der Waals surface area contributed by atoms with Crippen LogP contribution in [0.5, 0.6) is 0 Å². The van der Waals surface area contributed by atoms with Gasteiger partial charge in [0.1, 0.15) is 10.7 Å². The Labute approximate surface area is 185 Å². The van der Waals surface area contributed by atoms with Gasteiger partial charge in [0.15, 0.2) is 5.13 Å². The maximum atomic E-state index is 14.5. The second-order valence-corrected chi connectivity index (χ2v) is 10.3. The van der Waals surface area contributed by atoms with Crippen molar-refractivity contribution < 1.29 is 12.8 Å². The molecular weight excluding hydrogens is 449 g/mol. The van der Waals surface area contributed by atoms with Crippen LogP contribution in [0.15, 0.2) is 28.6 Å². The highest BCUT2D eigenvalue weighted by Crippen LogP contribution is 2.29. The van der Waals surface area contributed by atoms with Crippen LogP contribution >= 0.6 is 22.9 Å². The van der Waals surface area contributed by atoms with E-state index in [1.807, 2.05) is 0 Å². The molecule has 166 valence electrons. The first-order valence-electron chi connectivity index (χ1n) is 9.97. The number of hydrogen-bond acceptors (Lipinski definition) is 7. The van der Waals surface area contributed by atoms with E-state index in [1.165, 1.54) is 19.0 Å². The van der Waals surface area contributed by atoms with E-state index in [-0.39, 0.29) is 10.2 Å². The fraction of sp³-hybridized carbons (Fsp3) is 0.526. The topological polar surface area (TPSA) is 95.2 Å². The summed E-state index contributed by atoms with van der Waals surface area (Å²) in [6.07, 6.45) is 5.75. The number of thiazole rings is 1. The second kappa shape index (κ2) is 10.7. The van der Waals surface area contributed by atoms with E-state index >= 15 is 0 Å². The summed E-state index contributed by atoms with van der Waals surface area (Å²) in [6.45, 7) is 4.83. The molecule has 1 aliphatic rings. The predicted molar refractivity (Wildman–Crippen MR) is 121 cm³/mol. The van der Waals surface area contributed by atoms with E-state index in [9.17, 15) is 12.8 Å². The van der Waals surface area contributed by atoms with E-state index in [2.05, 4.69) is 32.6 Å². The molecule has 0 bridgehead atoms. The van der Waals surface area contributed by atoms with Crippen molar-refractivity contribution in [1.29, 1.82) is 0 Å². The van der Waals surface area contributed by atoms with Crippen LogP contribution in [0, 0.1) is 5.82 Å². The molecule has 7 nitrogen and oxygen atoms in total. The minimum atomic E-state index is -4.11. The number of rotatable bonds is 11. The SMILES string of the molecule is CC(CCCNc1cc(F)c(S(=O)(=O)Nc2nccs2)cc1Cl)NC[C@@H]1CCCN1. The summed E-state index contributed by atoms with van der Waals surface area (Å²) in [7, 11) is -4.11. The van der Waals surface area contributed by atoms with Crippen LogP contribution in [0.2, 0.25) is 5.02 Å². The number of nitrogens with one attached hydrogen (secondary N) is 4. The van der Waals surface area contributed by atoms with Crippen LogP contribution in [0.4, 0.5) is 15.2 Å². The molecule has 30 heavy (non-hydrogen) atoms. The number of aromatic nitrogens is 1. The fourth-order valence-electron chi connectivity index (χ4n) is 3.32. The summed E-state index contributed by atoms with van der Waals surface area (Å²) in [6, 6.07) is 3.18. The van der Waals surface area contributed by atoms with Crippen molar-refractivity contribution in [3.8, 4) is 0 Å². The average molecular weight is 476 g/mol. The van der Waals surface area contributed by atoms with Crippen molar-refractivity contribution in [1.82, 2.24) is 15.6 Å². The molecule has 0 amide bonds. The number of halogens is 2. The smallest absolute Gasteiger partial charge is 0.266 e. The van der Waals surface area contributed by atoms with Gasteiger partial charge >= 0.3 is 0 Å². The maximum absolute atomic E-state index is 14.5. The minimum Gasteiger partial charge on any atom is -0.384 e. The van der Waals surface area contributed by atoms with Crippen molar-refractivity contribution in [2.45, 2.75) is 49.6 Å². The monoisotopic (exact) mass is 475 g/mol. The van der Waals surface area contributed by atoms with Gasteiger partial charge in [0, 0.05) is 36.8 Å². The normalized spacial score (nSPS) is 17.8. The molecule has 1 fully saturated rings. The summed E-state index contributed by atoms with van der Waals surface area (Å²) >= 11 is 7.31. The summed E-state index contributed by atoms with van der Waals surface area (Å²) in [5.74, 6) is -0.870. The lowest BCUT2D eigenvalue weighted by molar-refractivity contribution is 0.456. The highest BCUT2D eigenvalue weighted by molar-refractivity contribution is 7.93. The van der Waals surface area contributed by atoms with Gasteiger partial charge in [0.25, 0.3) is 10.0 Å². The standard InChI is InChI=1S/C19H27ClFN5O2S2/c1-13(25-12-14-5-3-6-22-14)4-2-7-23-17-11-16(21)18(10-15(17)20)30(27,28)26-19-24-8-9-29-19/h8-11,13-14,22-23,25H,2-7,12H2,1H3,(H,24,26)/t13?,14-/m0/s1. The Morgan fingerprint density at radius 3 is 2.97 bits per heavy atom. The number of anilines is 2. The molecule has 2 heterocycles. The van der Waals surface area contributed by atoms with Crippen LogP contribution in [0.1, 0.15) is 32.6 Å².